The van der Waals surface area contributed by atoms with Gasteiger partial charge >= 0.3 is 0 Å². The largest absolute Gasteiger partial charge is 0.356 e. The number of hydrogen-bond acceptors (Lipinski definition) is 2. The van der Waals surface area contributed by atoms with E-state index in [9.17, 15) is 0 Å². The van der Waals surface area contributed by atoms with Gasteiger partial charge in [-0.05, 0) is 18.8 Å². The van der Waals surface area contributed by atoms with Crippen molar-refractivity contribution in [1.29, 1.82) is 0 Å². The van der Waals surface area contributed by atoms with Crippen LogP contribution in [0.3, 0.4) is 0 Å². The number of unbranched alkanes of at least 4 members (excludes halogenated alkanes) is 6. The molecule has 1 aliphatic rings. The summed E-state index contributed by atoms with van der Waals surface area (Å²) in [6.07, 6.45) is 16.2. The Bertz CT molecular complexity index is 260. The van der Waals surface area contributed by atoms with Crippen LogP contribution in [0.2, 0.25) is 0 Å². The standard InChI is InChI=1S/C18H36N2/c1-5-7-8-9-10-11-12-14-20-16-15-19(13-6-2)18(20)17(3)4/h15-18H,5-14H2,1-4H3. The Morgan fingerprint density at radius 1 is 0.750 bits per heavy atom. The molecule has 0 fully saturated rings. The zero-order valence-electron chi connectivity index (χ0n) is 14.3. The molecule has 0 aromatic heterocycles. The van der Waals surface area contributed by atoms with Crippen molar-refractivity contribution in [2.24, 2.45) is 5.92 Å². The molecule has 20 heavy (non-hydrogen) atoms. The monoisotopic (exact) mass is 280 g/mol. The van der Waals surface area contributed by atoms with Crippen LogP contribution in [0.1, 0.15) is 79.1 Å². The molecule has 2 nitrogen and oxygen atoms in total. The lowest BCUT2D eigenvalue weighted by molar-refractivity contribution is 0.106. The molecular formula is C18H36N2. The topological polar surface area (TPSA) is 6.48 Å². The maximum Gasteiger partial charge on any atom is 0.103 e. The van der Waals surface area contributed by atoms with E-state index in [0.717, 1.165) is 0 Å². The second-order valence-corrected chi connectivity index (χ2v) is 6.55. The maximum atomic E-state index is 2.56. The first-order valence-electron chi connectivity index (χ1n) is 8.90. The number of rotatable bonds is 11. The molecule has 1 unspecified atom stereocenters. The fraction of sp³-hybridized carbons (Fsp3) is 0.889. The van der Waals surface area contributed by atoms with Crippen LogP contribution >= 0.6 is 0 Å². The van der Waals surface area contributed by atoms with Gasteiger partial charge in [0.2, 0.25) is 0 Å². The van der Waals surface area contributed by atoms with Crippen molar-refractivity contribution in [2.45, 2.75) is 85.2 Å². The van der Waals surface area contributed by atoms with Crippen molar-refractivity contribution in [3.05, 3.63) is 12.4 Å². The van der Waals surface area contributed by atoms with Crippen LogP contribution in [0.4, 0.5) is 0 Å². The summed E-state index contributed by atoms with van der Waals surface area (Å²) in [5.41, 5.74) is 0. The molecule has 0 radical (unpaired) electrons. The summed E-state index contributed by atoms with van der Waals surface area (Å²) in [5.74, 6) is 0.695. The highest BCUT2D eigenvalue weighted by molar-refractivity contribution is 4.97. The van der Waals surface area contributed by atoms with Gasteiger partial charge in [0.05, 0.1) is 0 Å². The van der Waals surface area contributed by atoms with E-state index in [1.165, 1.54) is 64.5 Å². The Kier molecular flexibility index (Phi) is 8.80. The van der Waals surface area contributed by atoms with E-state index in [4.69, 9.17) is 0 Å². The average molecular weight is 281 g/mol. The third kappa shape index (κ3) is 5.76. The van der Waals surface area contributed by atoms with Gasteiger partial charge in [0.1, 0.15) is 6.17 Å². The predicted octanol–water partition coefficient (Wildman–Crippen LogP) is 5.22. The molecule has 1 aliphatic heterocycles. The van der Waals surface area contributed by atoms with Crippen molar-refractivity contribution >= 4 is 0 Å². The molecule has 0 N–H and O–H groups in total. The Morgan fingerprint density at radius 2 is 1.30 bits per heavy atom. The summed E-state index contributed by atoms with van der Waals surface area (Å²) in [6.45, 7) is 11.7. The predicted molar refractivity (Wildman–Crippen MR) is 89.5 cm³/mol. The minimum Gasteiger partial charge on any atom is -0.356 e. The first kappa shape index (κ1) is 17.4. The summed E-state index contributed by atoms with van der Waals surface area (Å²) >= 11 is 0. The summed E-state index contributed by atoms with van der Waals surface area (Å²) in [7, 11) is 0. The lowest BCUT2D eigenvalue weighted by atomic mass is 10.1. The maximum absolute atomic E-state index is 2.56. The molecule has 0 aromatic carbocycles. The van der Waals surface area contributed by atoms with Gasteiger partial charge in [-0.3, -0.25) is 0 Å². The van der Waals surface area contributed by atoms with Crippen molar-refractivity contribution in [3.63, 3.8) is 0 Å². The second kappa shape index (κ2) is 10.1. The smallest absolute Gasteiger partial charge is 0.103 e. The lowest BCUT2D eigenvalue weighted by Crippen LogP contribution is -2.43. The van der Waals surface area contributed by atoms with Gasteiger partial charge in [0, 0.05) is 25.5 Å². The lowest BCUT2D eigenvalue weighted by Gasteiger charge is -2.35. The molecule has 0 amide bonds. The second-order valence-electron chi connectivity index (χ2n) is 6.55. The first-order chi connectivity index (χ1) is 9.70. The van der Waals surface area contributed by atoms with Gasteiger partial charge in [-0.15, -0.1) is 0 Å². The number of hydrogen-bond donors (Lipinski definition) is 0. The summed E-state index contributed by atoms with van der Waals surface area (Å²) in [4.78, 5) is 5.08. The molecule has 118 valence electrons. The van der Waals surface area contributed by atoms with Crippen LogP contribution in [0.5, 0.6) is 0 Å². The minimum atomic E-state index is 0.593. The molecule has 1 atom stereocenters. The van der Waals surface area contributed by atoms with E-state index in [0.29, 0.717) is 12.1 Å². The Hall–Kier alpha value is -0.660. The fourth-order valence-corrected chi connectivity index (χ4v) is 3.23. The van der Waals surface area contributed by atoms with E-state index in [1.807, 2.05) is 0 Å². The zero-order chi connectivity index (χ0) is 14.8. The van der Waals surface area contributed by atoms with E-state index < -0.39 is 0 Å². The molecule has 1 rings (SSSR count). The molecule has 0 aromatic rings. The van der Waals surface area contributed by atoms with Crippen molar-refractivity contribution in [1.82, 2.24) is 9.80 Å². The van der Waals surface area contributed by atoms with Crippen molar-refractivity contribution in [2.75, 3.05) is 13.1 Å². The Morgan fingerprint density at radius 3 is 1.85 bits per heavy atom. The van der Waals surface area contributed by atoms with Crippen molar-refractivity contribution < 1.29 is 0 Å². The zero-order valence-corrected chi connectivity index (χ0v) is 14.3. The summed E-state index contributed by atoms with van der Waals surface area (Å²) in [6, 6.07) is 0. The van der Waals surface area contributed by atoms with Crippen molar-refractivity contribution in [3.8, 4) is 0 Å². The molecule has 2 heteroatoms. The molecule has 0 aliphatic carbocycles. The minimum absolute atomic E-state index is 0.593. The Labute approximate surface area is 127 Å². The van der Waals surface area contributed by atoms with Crippen LogP contribution in [-0.4, -0.2) is 29.1 Å². The molecule has 0 saturated carbocycles. The highest BCUT2D eigenvalue weighted by atomic mass is 15.4. The van der Waals surface area contributed by atoms with Gasteiger partial charge in [-0.2, -0.15) is 0 Å². The first-order valence-corrected chi connectivity index (χ1v) is 8.90. The van der Waals surface area contributed by atoms with Crippen LogP contribution in [0.25, 0.3) is 0 Å². The molecular weight excluding hydrogens is 244 g/mol. The quantitative estimate of drug-likeness (QED) is 0.479. The van der Waals surface area contributed by atoms with Crippen LogP contribution in [0, 0.1) is 5.92 Å². The van der Waals surface area contributed by atoms with Crippen LogP contribution < -0.4 is 0 Å². The van der Waals surface area contributed by atoms with Gasteiger partial charge in [0.15, 0.2) is 0 Å². The van der Waals surface area contributed by atoms with E-state index in [1.54, 1.807) is 0 Å². The van der Waals surface area contributed by atoms with Gasteiger partial charge in [0.25, 0.3) is 0 Å². The van der Waals surface area contributed by atoms with Gasteiger partial charge in [-0.25, -0.2) is 0 Å². The third-order valence-electron chi connectivity index (χ3n) is 4.23. The number of nitrogens with zero attached hydrogens (tertiary/aromatic N) is 2. The highest BCUT2D eigenvalue weighted by Gasteiger charge is 2.27. The molecule has 0 bridgehead atoms. The van der Waals surface area contributed by atoms with Gasteiger partial charge < -0.3 is 9.80 Å². The summed E-state index contributed by atoms with van der Waals surface area (Å²) < 4.78 is 0. The fourth-order valence-electron chi connectivity index (χ4n) is 3.23. The molecule has 1 heterocycles. The molecule has 0 saturated heterocycles. The average Bonchev–Trinajstić information content (AvgIpc) is 2.81. The van der Waals surface area contributed by atoms with Crippen LogP contribution in [-0.2, 0) is 0 Å². The van der Waals surface area contributed by atoms with E-state index in [-0.39, 0.29) is 0 Å². The SMILES string of the molecule is CCCCCCCCCN1C=CN(CCC)C1C(C)C. The highest BCUT2D eigenvalue weighted by Crippen LogP contribution is 2.23. The third-order valence-corrected chi connectivity index (χ3v) is 4.23. The normalized spacial score (nSPS) is 18.6. The Balaban J connectivity index is 2.20. The van der Waals surface area contributed by atoms with E-state index in [2.05, 4.69) is 49.9 Å². The van der Waals surface area contributed by atoms with Crippen LogP contribution in [0.15, 0.2) is 12.4 Å². The van der Waals surface area contributed by atoms with Gasteiger partial charge in [-0.1, -0.05) is 66.2 Å². The molecule has 0 spiro atoms. The summed E-state index contributed by atoms with van der Waals surface area (Å²) in [5, 5.41) is 0. The van der Waals surface area contributed by atoms with E-state index >= 15 is 0 Å².